The highest BCUT2D eigenvalue weighted by Gasteiger charge is 0.644. The Labute approximate surface area is 128 Å². The van der Waals surface area contributed by atoms with Gasteiger partial charge in [-0.1, -0.05) is 114 Å². The summed E-state index contributed by atoms with van der Waals surface area (Å²) in [5.41, 5.74) is 0. The molecule has 0 aromatic rings. The van der Waals surface area contributed by atoms with Crippen molar-refractivity contribution in [1.29, 1.82) is 0 Å². The van der Waals surface area contributed by atoms with Crippen LogP contribution in [0, 0.1) is 0 Å². The van der Waals surface area contributed by atoms with E-state index in [4.69, 9.17) is 2.74 Å². The van der Waals surface area contributed by atoms with Crippen LogP contribution in [0.15, 0.2) is 0 Å². The molecule has 0 N–H and O–H groups in total. The minimum absolute atomic E-state index is 0. The summed E-state index contributed by atoms with van der Waals surface area (Å²) in [6, 6.07) is 0. The van der Waals surface area contributed by atoms with Crippen molar-refractivity contribution in [2.75, 3.05) is 0 Å². The van der Waals surface area contributed by atoms with E-state index in [1.165, 1.54) is 0 Å². The molecule has 0 spiro atoms. The van der Waals surface area contributed by atoms with Crippen LogP contribution in [-0.2, 0) is 0 Å². The fourth-order valence-corrected chi connectivity index (χ4v) is 0. The van der Waals surface area contributed by atoms with Gasteiger partial charge in [-0.2, -0.15) is 0 Å². The molecule has 120 valence electrons. The Bertz CT molecular complexity index is 38.8. The lowest BCUT2D eigenvalue weighted by Gasteiger charge is -0.774. The van der Waals surface area contributed by atoms with Crippen LogP contribution in [0.3, 0.4) is 0 Å². The molecule has 0 aliphatic heterocycles. The van der Waals surface area contributed by atoms with Crippen LogP contribution in [0.4, 0.5) is 0 Å². The quantitative estimate of drug-likeness (QED) is 0.408. The minimum Gasteiger partial charge on any atom is -0.0973 e. The number of hydrogen-bond acceptors (Lipinski definition) is 2. The Balaban J connectivity index is -0.000000000889. The Morgan fingerprint density at radius 1 is 0.438 bits per heavy atom. The molecule has 0 radical (unpaired) electrons. The van der Waals surface area contributed by atoms with Crippen molar-refractivity contribution in [1.82, 2.24) is 0 Å². The molecule has 0 nitrogen and oxygen atoms in total. The van der Waals surface area contributed by atoms with Gasteiger partial charge < -0.3 is 0 Å². The predicted molar refractivity (Wildman–Crippen MR) is 110 cm³/mol. The molecule has 0 heterocycles. The third-order valence-electron chi connectivity index (χ3n) is 0. The molecule has 0 aromatic carbocycles. The van der Waals surface area contributed by atoms with Crippen LogP contribution in [0.5, 0.6) is 0 Å². The van der Waals surface area contributed by atoms with Gasteiger partial charge in [0.1, 0.15) is 0 Å². The van der Waals surface area contributed by atoms with E-state index < -0.39 is 0 Å². The monoisotopic (exact) mass is 288 g/mol. The average Bonchev–Trinajstić information content (AvgIpc) is 1.39. The van der Waals surface area contributed by atoms with Crippen molar-refractivity contribution in [2.24, 2.45) is 0 Å². The third kappa shape index (κ3) is 76000. The maximum atomic E-state index is 5.90. The maximum absolute atomic E-state index is 5.90. The van der Waals surface area contributed by atoms with Gasteiger partial charge in [0.15, 0.2) is 0 Å². The van der Waals surface area contributed by atoms with Gasteiger partial charge in [-0.15, -0.1) is 0 Å². The van der Waals surface area contributed by atoms with Gasteiger partial charge in [0, 0.05) is 0 Å². The fraction of sp³-hybridized carbons (Fsp3) is 0.857. The van der Waals surface area contributed by atoms with Crippen molar-refractivity contribution >= 4 is 36.1 Å². The molecular formula is C14H52S2. The van der Waals surface area contributed by atoms with Crippen molar-refractivity contribution in [3.05, 3.63) is 0 Å². The predicted octanol–water partition coefficient (Wildman–Crippen LogP) is 8.87. The zero-order chi connectivity index (χ0) is 5.41. The number of thiocarbonyl (C=S) groups is 2. The highest BCUT2D eigenvalue weighted by molar-refractivity contribution is 7.77. The topological polar surface area (TPSA) is 0 Å². The molecule has 0 aliphatic rings. The summed E-state index contributed by atoms with van der Waals surface area (Å²) in [7, 11) is 0. The molecule has 0 aromatic heterocycles. The number of rotatable bonds is 0. The first kappa shape index (κ1) is 213. The Hall–Kier alpha value is 0.180. The molecule has 0 bridgehead atoms. The summed E-state index contributed by atoms with van der Waals surface area (Å²) in [6.07, 6.45) is 0. The molecule has 0 saturated carbocycles. The molecule has 0 rings (SSSR count). The first-order valence-corrected chi connectivity index (χ1v) is 1.41. The lowest BCUT2D eigenvalue weighted by atomic mass is 12.0. The van der Waals surface area contributed by atoms with Crippen LogP contribution in [0.25, 0.3) is 0 Å². The normalized spacial score (nSPS) is 1.75. The van der Waals surface area contributed by atoms with Crippen LogP contribution in [0.1, 0.15) is 91.9 Å². The van der Waals surface area contributed by atoms with Crippen LogP contribution < -0.4 is 0 Å². The second-order valence-electron chi connectivity index (χ2n) is 0. The lowest BCUT2D eigenvalue weighted by molar-refractivity contribution is 2.50. The minimum atomic E-state index is 0. The summed E-state index contributed by atoms with van der Waals surface area (Å²) in [5, 5.41) is 0. The maximum Gasteiger partial charge on any atom is 0.0662 e. The van der Waals surface area contributed by atoms with Crippen LogP contribution >= 0.6 is 24.4 Å². The molecule has 2 heteroatoms. The largest absolute Gasteiger partial charge is 0.0973 e. The Morgan fingerprint density at radius 3 is 0.438 bits per heavy atom. The summed E-state index contributed by atoms with van der Waals surface area (Å²) in [6.45, 7) is 0. The third-order valence-corrected chi connectivity index (χ3v) is 0. The van der Waals surface area contributed by atoms with E-state index >= 15 is 0 Å². The zero-order valence-electron chi connectivity index (χ0n) is 3.97. The molecule has 0 amide bonds. The summed E-state index contributed by atoms with van der Waals surface area (Å²) >= 11 is 7.87. The van der Waals surface area contributed by atoms with Gasteiger partial charge in [0.2, 0.25) is 0 Å². The zero-order valence-corrected chi connectivity index (χ0v) is 3.60. The van der Waals surface area contributed by atoms with Crippen LogP contribution in [0.2, 0.25) is 0 Å². The fourth-order valence-electron chi connectivity index (χ4n) is 0. The Morgan fingerprint density at radius 2 is 0.438 bits per heavy atom. The lowest BCUT2D eigenvalue weighted by Crippen LogP contribution is -0.661. The highest BCUT2D eigenvalue weighted by atomic mass is 32.1. The van der Waals surface area contributed by atoms with Gasteiger partial charge >= 0.3 is 0 Å². The van der Waals surface area contributed by atoms with Gasteiger partial charge in [0.25, 0.3) is 0 Å². The molecule has 0 fully saturated rings. The molecule has 0 saturated heterocycles. The van der Waals surface area contributed by atoms with Gasteiger partial charge in [-0.3, -0.25) is 0 Å². The second kappa shape index (κ2) is 94200. The summed E-state index contributed by atoms with van der Waals surface area (Å²) in [5.74, 6) is 1.67. The number of hydrogen-bond donors (Lipinski definition) is 0. The summed E-state index contributed by atoms with van der Waals surface area (Å²) < 4.78 is 11.8. The van der Waals surface area contributed by atoms with E-state index in [-0.39, 0.29) is 89.1 Å². The van der Waals surface area contributed by atoms with E-state index in [1.807, 2.05) is 0 Å². The summed E-state index contributed by atoms with van der Waals surface area (Å²) in [4.78, 5) is 0. The van der Waals surface area contributed by atoms with E-state index in [2.05, 4.69) is 24.4 Å². The second-order valence-corrected chi connectivity index (χ2v) is 0. The molecule has 16 heavy (non-hydrogen) atoms. The molecule has 0 atom stereocenters. The highest BCUT2D eigenvalue weighted by Crippen LogP contribution is 1.03. The average molecular weight is 289 g/mol. The van der Waals surface area contributed by atoms with Crippen LogP contribution in [-0.4, -0.2) is 11.7 Å². The van der Waals surface area contributed by atoms with Gasteiger partial charge in [-0.25, -0.2) is 0 Å². The van der Waals surface area contributed by atoms with E-state index in [0.717, 1.165) is 11.7 Å². The van der Waals surface area contributed by atoms with Crippen molar-refractivity contribution in [3.8, 4) is 0 Å². The smallest absolute Gasteiger partial charge is 0.0662 e. The van der Waals surface area contributed by atoms with Gasteiger partial charge in [0.05, 0.1) is 2.74 Å². The first-order valence-electron chi connectivity index (χ1n) is 1.63. The first-order chi connectivity index (χ1) is 2.83. The van der Waals surface area contributed by atoms with Crippen molar-refractivity contribution in [2.45, 2.75) is 89.1 Å². The van der Waals surface area contributed by atoms with Gasteiger partial charge in [-0.05, 0) is 11.7 Å². The van der Waals surface area contributed by atoms with E-state index in [1.54, 1.807) is 0 Å². The SMILES string of the molecule is C.C.C.C.C.C.C.C.C.C.C.C.[3H]C=S.[3H]C=S. The van der Waals surface area contributed by atoms with E-state index in [9.17, 15) is 0 Å². The molecular weight excluding hydrogens is 232 g/mol. The van der Waals surface area contributed by atoms with E-state index in [0.29, 0.717) is 0 Å². The Kier molecular flexibility index (Phi) is 1260000. The van der Waals surface area contributed by atoms with Crippen molar-refractivity contribution < 1.29 is 2.74 Å². The van der Waals surface area contributed by atoms with Crippen molar-refractivity contribution in [3.63, 3.8) is 0 Å². The standard InChI is InChI=1S/2CH2S.12CH4/c2*1-2;;;;;;;;;;;;/h2*1H2;12*1H4/i2*1T;;;;;;;;;;;;. The molecule has 0 aliphatic carbocycles. The molecule has 0 unspecified atom stereocenters.